The van der Waals surface area contributed by atoms with Crippen LogP contribution in [0, 0.1) is 58.4 Å². The van der Waals surface area contributed by atoms with E-state index in [0.29, 0.717) is 113 Å². The molecular weight excluding hydrogens is 1850 g/mol. The fraction of sp³-hybridized carbons (Fsp3) is 0.533. The number of phenolic OH excluding ortho intramolecular Hbond substituents is 6. The summed E-state index contributed by atoms with van der Waals surface area (Å²) in [5.41, 5.74) is 5.74. The van der Waals surface area contributed by atoms with Crippen LogP contribution in [-0.2, 0) is 86.4 Å². The number of methoxy groups -OCH3 is 12. The zero-order valence-corrected chi connectivity index (χ0v) is 88.2. The summed E-state index contributed by atoms with van der Waals surface area (Å²) in [5.74, 6) is -3.90. The van der Waals surface area contributed by atoms with Gasteiger partial charge < -0.3 is 115 Å². The van der Waals surface area contributed by atoms with Gasteiger partial charge in [-0.3, -0.25) is 0 Å². The van der Waals surface area contributed by atoms with E-state index in [1.165, 1.54) is 92.2 Å². The quantitative estimate of drug-likeness (QED) is 0.0157. The topological polar surface area (TPSA) is 575 Å². The predicted molar refractivity (Wildman–Crippen MR) is 502 cm³/mol. The maximum Gasteiger partial charge on any atom is 0.204 e. The molecule has 0 saturated carbocycles. The van der Waals surface area contributed by atoms with Crippen molar-refractivity contribution in [3.8, 4) is 103 Å². The van der Waals surface area contributed by atoms with Crippen LogP contribution >= 0.6 is 0 Å². The zero-order chi connectivity index (χ0) is 98.2. The van der Waals surface area contributed by atoms with E-state index in [1.807, 2.05) is 104 Å². The van der Waals surface area contributed by atoms with E-state index < -0.39 is 125 Å². The van der Waals surface area contributed by atoms with Crippen molar-refractivity contribution >= 4 is 60.7 Å². The van der Waals surface area contributed by atoms with Gasteiger partial charge in [0.2, 0.25) is 17.2 Å². The lowest BCUT2D eigenvalue weighted by Crippen LogP contribution is -2.12. The van der Waals surface area contributed by atoms with Gasteiger partial charge in [-0.25, -0.2) is 50.5 Å². The molecule has 42 heteroatoms. The molecule has 0 spiro atoms. The van der Waals surface area contributed by atoms with Crippen LogP contribution in [0.5, 0.6) is 103 Å². The Balaban J connectivity index is -0.000000358. The highest BCUT2D eigenvalue weighted by molar-refractivity contribution is 7.87. The normalized spacial score (nSPS) is 12.5. The van der Waals surface area contributed by atoms with Crippen molar-refractivity contribution in [3.05, 3.63) is 111 Å². The lowest BCUT2D eigenvalue weighted by Gasteiger charge is -2.26. The van der Waals surface area contributed by atoms with Crippen LogP contribution in [0.25, 0.3) is 0 Å². The molecule has 6 atom stereocenters. The van der Waals surface area contributed by atoms with E-state index in [9.17, 15) is 108 Å². The van der Waals surface area contributed by atoms with E-state index in [0.717, 1.165) is 19.3 Å². The summed E-state index contributed by atoms with van der Waals surface area (Å²) in [5, 5.41) is 60.9. The second-order valence-electron chi connectivity index (χ2n) is 28.9. The van der Waals surface area contributed by atoms with Crippen LogP contribution in [0.4, 0.5) is 0 Å². The second-order valence-corrected chi connectivity index (χ2v) is 36.8. The Hall–Kier alpha value is -9.60. The van der Waals surface area contributed by atoms with E-state index >= 15 is 0 Å². The predicted octanol–water partition coefficient (Wildman–Crippen LogP) is 17.3. The van der Waals surface area contributed by atoms with Gasteiger partial charge in [-0.05, 0) is 130 Å². The van der Waals surface area contributed by atoms with Gasteiger partial charge in [0.1, 0.15) is 119 Å². The summed E-state index contributed by atoms with van der Waals surface area (Å²) in [7, 11) is -13.2. The van der Waals surface area contributed by atoms with Crippen molar-refractivity contribution in [2.45, 2.75) is 267 Å². The van der Waals surface area contributed by atoms with Gasteiger partial charge in [0.25, 0.3) is 0 Å². The summed E-state index contributed by atoms with van der Waals surface area (Å²) in [6, 6.07) is 0. The Morgan fingerprint density at radius 1 is 0.227 bits per heavy atom. The minimum Gasteiger partial charge on any atom is -0.744 e. The summed E-state index contributed by atoms with van der Waals surface area (Å²) in [6.07, 6.45) is 7.10. The van der Waals surface area contributed by atoms with Gasteiger partial charge in [0, 0.05) is 94.6 Å². The van der Waals surface area contributed by atoms with Crippen molar-refractivity contribution in [2.75, 3.05) is 85.3 Å². The van der Waals surface area contributed by atoms with E-state index in [1.54, 1.807) is 13.8 Å². The van der Waals surface area contributed by atoms with Crippen LogP contribution in [0.15, 0.2) is 29.4 Å². The highest BCUT2D eigenvalue weighted by atomic mass is 32.2. The molecule has 0 amide bonds. The largest absolute Gasteiger partial charge is 0.744 e. The summed E-state index contributed by atoms with van der Waals surface area (Å²) >= 11 is 0. The van der Waals surface area contributed by atoms with Crippen LogP contribution < -0.4 is 56.8 Å². The average molecular weight is 1990 g/mol. The van der Waals surface area contributed by atoms with Crippen molar-refractivity contribution in [2.24, 2.45) is 0 Å². The smallest absolute Gasteiger partial charge is 0.204 e. The van der Waals surface area contributed by atoms with E-state index in [2.05, 4.69) is 0 Å². The Morgan fingerprint density at radius 3 is 0.705 bits per heavy atom. The second kappa shape index (κ2) is 56.6. The molecule has 6 unspecified atom stereocenters. The van der Waals surface area contributed by atoms with Gasteiger partial charge in [0.15, 0.2) is 57.5 Å². The van der Waals surface area contributed by atoms with Gasteiger partial charge in [-0.2, -0.15) is 0 Å². The molecule has 0 aliphatic heterocycles. The van der Waals surface area contributed by atoms with Gasteiger partial charge in [-0.15, -0.1) is 0 Å². The lowest BCUT2D eigenvalue weighted by molar-refractivity contribution is 0.321. The molecule has 6 aromatic rings. The number of ether oxygens (including phenoxy) is 12. The van der Waals surface area contributed by atoms with Crippen molar-refractivity contribution in [3.63, 3.8) is 0 Å². The van der Waals surface area contributed by atoms with Crippen molar-refractivity contribution in [1.29, 1.82) is 0 Å². The number of hydrogen-bond acceptors (Lipinski definition) is 36. The van der Waals surface area contributed by atoms with Crippen LogP contribution in [0.3, 0.4) is 0 Å². The Kier molecular flexibility index (Phi) is 57.0. The first-order chi connectivity index (χ1) is 58.4. The molecule has 0 radical (unpaired) electrons. The molecule has 132 heavy (non-hydrogen) atoms. The standard InChI is InChI=1S/2C15H24O6S.2C14H22O6S.2C13H20O6S.6CH3/c1-6-8-10-12(16)15(22(17,18)19)14(21-5)11(9(3)7-2)13(10)20-4;1-6-8-10-11(9(3)7-2)13(20-4)14(21-5)12(16)15(10)22(17,18)19;1-6-8(3)10-9(7-2)14(21(16,17)18)11(15)13(20-5)12(10)19-4;1-6-8(3)10-9(7-2)12(19-4)11(15)14(13(10)20-5)21(16,17)18;1-6-7(2)9-8(3)13(20(15,16)17)10(14)12(19-5)11(9)18-4;1-6-7(2)9-8(3)11(18-4)10(14)13(12(9)19-5)20(15,16)17;;;;;;/h2*9,16H,6-8H2,1-5H3,(H,17,18,19);2*8,15H,6-7H2,1-5H3,(H,16,17,18);2*7,14H,6H2,1-5H3,(H,15,16,17);6*1H3/q;;;;;;6*+1/p-6. The van der Waals surface area contributed by atoms with E-state index in [-0.39, 0.29) is 161 Å². The third kappa shape index (κ3) is 29.7. The third-order valence-corrected chi connectivity index (χ3v) is 27.0. The Labute approximate surface area is 787 Å². The molecule has 0 heterocycles. The van der Waals surface area contributed by atoms with Crippen LogP contribution in [-0.4, -0.2) is 194 Å². The molecule has 6 rings (SSSR count). The van der Waals surface area contributed by atoms with Gasteiger partial charge in [-0.1, -0.05) is 124 Å². The molecule has 0 aliphatic carbocycles. The minimum atomic E-state index is -4.90. The number of aromatic hydroxyl groups is 6. The number of rotatable bonds is 36. The average Bonchev–Trinajstić information content (AvgIpc) is 0.402. The zero-order valence-electron chi connectivity index (χ0n) is 83.3. The summed E-state index contributed by atoms with van der Waals surface area (Å²) in [6.45, 7) is 33.5. The lowest BCUT2D eigenvalue weighted by atomic mass is 9.89. The maximum absolute atomic E-state index is 11.7. The van der Waals surface area contributed by atoms with Crippen LogP contribution in [0.1, 0.15) is 264 Å². The molecule has 0 bridgehead atoms. The first-order valence-electron chi connectivity index (χ1n) is 40.0. The van der Waals surface area contributed by atoms with Gasteiger partial charge in [0.05, 0.1) is 85.3 Å². The number of hydrogen-bond donors (Lipinski definition) is 6. The molecule has 0 aliphatic rings. The van der Waals surface area contributed by atoms with Crippen molar-refractivity contribution < 1.29 is 165 Å². The first kappa shape index (κ1) is 133. The fourth-order valence-electron chi connectivity index (χ4n) is 14.7. The minimum absolute atomic E-state index is 0. The SMILES string of the molecule is CCC(C)c1c(C)c(OC)c(O)c(S(=O)(=O)[O-])c1OC.CCC(C)c1c(C)c(S(=O)(=O)[O-])c(O)c(OC)c1OC.CCCc1c(C(C)CC)c(OC)c(OC)c(O)c1S(=O)(=O)[O-].CCCc1c(O)c(S(=O)(=O)[O-])c(OC)c(C(C)CC)c1OC.CCc1c(C(C)CC)c(OC)c(OC)c(O)c1S(=O)(=O)[O-].CCc1c(OC)c(O)c(S(=O)(=O)[O-])c(OC)c1C(C)CC.[CH3+].[CH3+].[CH3+].[CH3+].[CH3+].[CH3+]. The first-order valence-corrected chi connectivity index (χ1v) is 48.5. The molecular formula is C90H144O36S6. The molecule has 6 N–H and O–H groups in total. The molecule has 6 aromatic carbocycles. The summed E-state index contributed by atoms with van der Waals surface area (Å²) < 4.78 is 270. The summed E-state index contributed by atoms with van der Waals surface area (Å²) in [4.78, 5) is -4.08. The number of phenols is 6. The molecule has 36 nitrogen and oxygen atoms in total. The Morgan fingerprint density at radius 2 is 0.432 bits per heavy atom. The van der Waals surface area contributed by atoms with Gasteiger partial charge >= 0.3 is 0 Å². The fourth-order valence-corrected chi connectivity index (χ4v) is 19.5. The highest BCUT2D eigenvalue weighted by Crippen LogP contribution is 2.56. The molecule has 0 aromatic heterocycles. The molecule has 0 saturated heterocycles. The van der Waals surface area contributed by atoms with Crippen LogP contribution in [0.2, 0.25) is 0 Å². The number of benzene rings is 6. The maximum atomic E-state index is 11.7. The van der Waals surface area contributed by atoms with Crippen molar-refractivity contribution in [1.82, 2.24) is 0 Å². The highest BCUT2D eigenvalue weighted by Gasteiger charge is 2.37. The van der Waals surface area contributed by atoms with E-state index in [4.69, 9.17) is 56.8 Å². The Bertz CT molecular complexity index is 5340. The monoisotopic (exact) mass is 1990 g/mol. The third-order valence-electron chi connectivity index (χ3n) is 21.4. The molecule has 756 valence electrons. The molecule has 0 fully saturated rings.